The monoisotopic (exact) mass is 416 g/mol. The van der Waals surface area contributed by atoms with E-state index in [4.69, 9.17) is 15.2 Å². The number of nitrogens with zero attached hydrogens (tertiary/aromatic N) is 1. The Labute approximate surface area is 165 Å². The summed E-state index contributed by atoms with van der Waals surface area (Å²) < 4.78 is 49.4. The van der Waals surface area contributed by atoms with E-state index in [1.165, 1.54) is 6.20 Å². The molecule has 154 valence electrons. The molecule has 1 aromatic carbocycles. The first-order valence-electron chi connectivity index (χ1n) is 8.45. The van der Waals surface area contributed by atoms with E-state index in [2.05, 4.69) is 4.98 Å². The number of halogens is 3. The van der Waals surface area contributed by atoms with Crippen LogP contribution in [0.15, 0.2) is 30.5 Å². The molecule has 0 saturated carbocycles. The number of rotatable bonds is 8. The molecule has 1 atom stereocenters. The fourth-order valence-corrected chi connectivity index (χ4v) is 2.91. The lowest BCUT2D eigenvalue weighted by Crippen LogP contribution is -2.50. The maximum atomic E-state index is 12.8. The second-order valence-electron chi connectivity index (χ2n) is 6.80. The number of thiazole rings is 1. The smallest absolute Gasteiger partial charge is 0.437 e. The summed E-state index contributed by atoms with van der Waals surface area (Å²) in [5.74, 6) is 0.674. The van der Waals surface area contributed by atoms with Crippen molar-refractivity contribution >= 4 is 23.5 Å². The first-order chi connectivity index (χ1) is 12.9. The molecular formula is C19H23F3N2O3S. The molecule has 28 heavy (non-hydrogen) atoms. The highest BCUT2D eigenvalue weighted by atomic mass is 32.1. The van der Waals surface area contributed by atoms with Crippen molar-refractivity contribution in [1.82, 2.24) is 4.98 Å². The van der Waals surface area contributed by atoms with E-state index >= 15 is 0 Å². The Kier molecular flexibility index (Phi) is 6.87. The molecule has 2 rings (SSSR count). The van der Waals surface area contributed by atoms with Crippen molar-refractivity contribution in [2.45, 2.75) is 37.8 Å². The third kappa shape index (κ3) is 5.78. The van der Waals surface area contributed by atoms with E-state index in [1.54, 1.807) is 19.3 Å². The number of hydrogen-bond donors (Lipinski definition) is 2. The zero-order valence-electron chi connectivity index (χ0n) is 15.8. The van der Waals surface area contributed by atoms with Gasteiger partial charge in [-0.05, 0) is 37.6 Å². The van der Waals surface area contributed by atoms with Crippen LogP contribution in [0.2, 0.25) is 0 Å². The van der Waals surface area contributed by atoms with E-state index in [9.17, 15) is 18.3 Å². The first kappa shape index (κ1) is 22.4. The van der Waals surface area contributed by atoms with Gasteiger partial charge in [-0.2, -0.15) is 13.2 Å². The van der Waals surface area contributed by atoms with Crippen molar-refractivity contribution in [3.8, 4) is 5.75 Å². The Hall–Kier alpha value is -1.94. The lowest BCUT2D eigenvalue weighted by molar-refractivity contribution is -0.264. The van der Waals surface area contributed by atoms with Crippen molar-refractivity contribution in [2.24, 2.45) is 5.73 Å². The maximum absolute atomic E-state index is 12.8. The molecule has 2 aromatic rings. The van der Waals surface area contributed by atoms with E-state index < -0.39 is 16.9 Å². The molecule has 5 nitrogen and oxygen atoms in total. The SMILES string of the molecule is COC(C)(C)CCOc1cccc(/C=C/c2cnc(C(N)(O)C(F)(F)F)s2)c1. The Balaban J connectivity index is 2.04. The summed E-state index contributed by atoms with van der Waals surface area (Å²) in [6, 6.07) is 7.28. The molecule has 0 saturated heterocycles. The normalized spacial score (nSPS) is 15.0. The van der Waals surface area contributed by atoms with Gasteiger partial charge in [0.05, 0.1) is 12.2 Å². The zero-order chi connectivity index (χ0) is 21.0. The van der Waals surface area contributed by atoms with E-state index in [-0.39, 0.29) is 5.60 Å². The summed E-state index contributed by atoms with van der Waals surface area (Å²) in [4.78, 5) is 4.02. The average molecular weight is 416 g/mol. The van der Waals surface area contributed by atoms with Gasteiger partial charge >= 0.3 is 6.18 Å². The summed E-state index contributed by atoms with van der Waals surface area (Å²) in [5, 5.41) is 8.85. The lowest BCUT2D eigenvalue weighted by Gasteiger charge is -2.23. The minimum absolute atomic E-state index is 0.275. The molecule has 0 spiro atoms. The third-order valence-corrected chi connectivity index (χ3v) is 5.19. The van der Waals surface area contributed by atoms with Gasteiger partial charge in [0.2, 0.25) is 0 Å². The summed E-state index contributed by atoms with van der Waals surface area (Å²) in [6.07, 6.45) is 0.254. The van der Waals surface area contributed by atoms with Gasteiger partial charge < -0.3 is 14.6 Å². The summed E-state index contributed by atoms with van der Waals surface area (Å²) in [6.45, 7) is 4.43. The van der Waals surface area contributed by atoms with Gasteiger partial charge in [0, 0.05) is 24.6 Å². The molecule has 1 unspecified atom stereocenters. The number of hydrogen-bond acceptors (Lipinski definition) is 6. The fraction of sp³-hybridized carbons (Fsp3) is 0.421. The molecule has 1 heterocycles. The molecule has 1 aromatic heterocycles. The highest BCUT2D eigenvalue weighted by molar-refractivity contribution is 7.12. The van der Waals surface area contributed by atoms with Crippen LogP contribution >= 0.6 is 11.3 Å². The second-order valence-corrected chi connectivity index (χ2v) is 7.86. The fourth-order valence-electron chi connectivity index (χ4n) is 2.06. The van der Waals surface area contributed by atoms with Gasteiger partial charge in [0.1, 0.15) is 10.8 Å². The van der Waals surface area contributed by atoms with Crippen molar-refractivity contribution < 1.29 is 27.8 Å². The first-order valence-corrected chi connectivity index (χ1v) is 9.27. The van der Waals surface area contributed by atoms with E-state index in [1.807, 2.05) is 38.1 Å². The molecule has 0 aliphatic carbocycles. The third-order valence-electron chi connectivity index (χ3n) is 4.11. The number of aromatic nitrogens is 1. The Bertz CT molecular complexity index is 817. The number of aliphatic hydroxyl groups is 1. The van der Waals surface area contributed by atoms with Crippen molar-refractivity contribution in [3.05, 3.63) is 45.9 Å². The van der Waals surface area contributed by atoms with Crippen LogP contribution in [0, 0.1) is 0 Å². The largest absolute Gasteiger partial charge is 0.493 e. The Morgan fingerprint density at radius 1 is 1.25 bits per heavy atom. The minimum Gasteiger partial charge on any atom is -0.493 e. The molecule has 0 fully saturated rings. The van der Waals surface area contributed by atoms with Crippen LogP contribution in [0.5, 0.6) is 5.75 Å². The van der Waals surface area contributed by atoms with Gasteiger partial charge in [0.15, 0.2) is 0 Å². The average Bonchev–Trinajstić information content (AvgIpc) is 3.09. The van der Waals surface area contributed by atoms with Gasteiger partial charge in [-0.25, -0.2) is 4.98 Å². The molecule has 0 radical (unpaired) electrons. The van der Waals surface area contributed by atoms with Gasteiger partial charge in [-0.15, -0.1) is 11.3 Å². The molecule has 0 aliphatic rings. The Morgan fingerprint density at radius 2 is 1.96 bits per heavy atom. The number of alkyl halides is 3. The standard InChI is InChI=1S/C19H23F3N2O3S/c1-17(2,26-3)9-10-27-14-6-4-5-13(11-14)7-8-15-12-24-16(28-15)18(23,25)19(20,21)22/h4-8,11-12,25H,9-10,23H2,1-3H3/b8-7+. The van der Waals surface area contributed by atoms with Crippen molar-refractivity contribution in [2.75, 3.05) is 13.7 Å². The summed E-state index contributed by atoms with van der Waals surface area (Å²) in [7, 11) is 1.65. The number of ether oxygens (including phenoxy) is 2. The summed E-state index contributed by atoms with van der Waals surface area (Å²) >= 11 is 0.671. The van der Waals surface area contributed by atoms with Crippen LogP contribution in [0.3, 0.4) is 0 Å². The van der Waals surface area contributed by atoms with Crippen molar-refractivity contribution in [3.63, 3.8) is 0 Å². The highest BCUT2D eigenvalue weighted by Gasteiger charge is 2.54. The molecular weight excluding hydrogens is 393 g/mol. The van der Waals surface area contributed by atoms with Gasteiger partial charge in [0.25, 0.3) is 5.72 Å². The predicted octanol–water partition coefficient (Wildman–Crippen LogP) is 4.17. The topological polar surface area (TPSA) is 77.6 Å². The maximum Gasteiger partial charge on any atom is 0.437 e. The van der Waals surface area contributed by atoms with E-state index in [0.29, 0.717) is 35.0 Å². The van der Waals surface area contributed by atoms with Crippen molar-refractivity contribution in [1.29, 1.82) is 0 Å². The second kappa shape index (κ2) is 8.60. The zero-order valence-corrected chi connectivity index (χ0v) is 16.6. The minimum atomic E-state index is -5.01. The molecule has 0 aliphatic heterocycles. The number of methoxy groups -OCH3 is 1. The quantitative estimate of drug-likeness (QED) is 0.632. The number of nitrogens with two attached hydrogens (primary N) is 1. The van der Waals surface area contributed by atoms with Crippen LogP contribution in [-0.4, -0.2) is 35.6 Å². The number of benzene rings is 1. The van der Waals surface area contributed by atoms with Gasteiger partial charge in [-0.1, -0.05) is 18.2 Å². The van der Waals surface area contributed by atoms with Gasteiger partial charge in [-0.3, -0.25) is 5.73 Å². The van der Waals surface area contributed by atoms with Crippen LogP contribution in [0.4, 0.5) is 13.2 Å². The van der Waals surface area contributed by atoms with Crippen LogP contribution < -0.4 is 10.5 Å². The highest BCUT2D eigenvalue weighted by Crippen LogP contribution is 2.36. The summed E-state index contributed by atoms with van der Waals surface area (Å²) in [5.41, 5.74) is 2.03. The van der Waals surface area contributed by atoms with Crippen LogP contribution in [-0.2, 0) is 10.5 Å². The Morgan fingerprint density at radius 3 is 2.61 bits per heavy atom. The predicted molar refractivity (Wildman–Crippen MR) is 103 cm³/mol. The molecule has 0 bridgehead atoms. The molecule has 3 N–H and O–H groups in total. The van der Waals surface area contributed by atoms with E-state index in [0.717, 1.165) is 5.56 Å². The van der Waals surface area contributed by atoms with Crippen LogP contribution in [0.1, 0.15) is 35.7 Å². The molecule has 0 amide bonds. The molecule has 9 heteroatoms. The van der Waals surface area contributed by atoms with Crippen LogP contribution in [0.25, 0.3) is 12.2 Å². The lowest BCUT2D eigenvalue weighted by atomic mass is 10.1.